The second-order valence-electron chi connectivity index (χ2n) is 6.33. The average molecular weight is 327 g/mol. The molecule has 0 amide bonds. The summed E-state index contributed by atoms with van der Waals surface area (Å²) in [6.45, 7) is 5.47. The summed E-state index contributed by atoms with van der Waals surface area (Å²) in [5.41, 5.74) is 1.03. The standard InChI is InChI=1S/C18H21N3OS/c1-3-13-4-5-16(22-13)15-10-12(2)6-8-21(15)18-17-14(7-9-23-17)19-11-20-18/h4-5,7,9,11-12,15H,3,6,8,10H2,1-2H3/t12-,15-/m0/s1. The quantitative estimate of drug-likeness (QED) is 0.691. The predicted molar refractivity (Wildman–Crippen MR) is 94.0 cm³/mol. The van der Waals surface area contributed by atoms with Gasteiger partial charge in [0.25, 0.3) is 0 Å². The zero-order chi connectivity index (χ0) is 15.8. The number of thiophene rings is 1. The fourth-order valence-corrected chi connectivity index (χ4v) is 4.26. The van der Waals surface area contributed by atoms with Gasteiger partial charge in [-0.3, -0.25) is 0 Å². The molecule has 3 aromatic heterocycles. The molecule has 1 saturated heterocycles. The zero-order valence-corrected chi connectivity index (χ0v) is 14.3. The van der Waals surface area contributed by atoms with Gasteiger partial charge in [-0.15, -0.1) is 11.3 Å². The molecule has 1 aliphatic heterocycles. The Hall–Kier alpha value is -1.88. The molecular formula is C18H21N3OS. The van der Waals surface area contributed by atoms with Crippen molar-refractivity contribution in [3.05, 3.63) is 41.4 Å². The number of nitrogens with zero attached hydrogens (tertiary/aromatic N) is 3. The Labute approximate surface area is 140 Å². The predicted octanol–water partition coefficient (Wildman–Crippen LogP) is 4.82. The number of aromatic nitrogens is 2. The Kier molecular flexibility index (Phi) is 3.81. The third kappa shape index (κ3) is 2.63. The number of rotatable bonds is 3. The number of hydrogen-bond acceptors (Lipinski definition) is 5. The van der Waals surface area contributed by atoms with Crippen LogP contribution in [0.5, 0.6) is 0 Å². The monoisotopic (exact) mass is 327 g/mol. The van der Waals surface area contributed by atoms with Gasteiger partial charge in [0.05, 0.1) is 16.3 Å². The molecule has 0 aromatic carbocycles. The summed E-state index contributed by atoms with van der Waals surface area (Å²) in [6.07, 6.45) is 4.91. The summed E-state index contributed by atoms with van der Waals surface area (Å²) >= 11 is 1.72. The fourth-order valence-electron chi connectivity index (χ4n) is 3.41. The van der Waals surface area contributed by atoms with Crippen molar-refractivity contribution in [3.8, 4) is 0 Å². The number of furan rings is 1. The van der Waals surface area contributed by atoms with Crippen LogP contribution < -0.4 is 4.90 Å². The van der Waals surface area contributed by atoms with Crippen molar-refractivity contribution in [2.24, 2.45) is 5.92 Å². The first-order valence-electron chi connectivity index (χ1n) is 8.29. The number of fused-ring (bicyclic) bond motifs is 1. The fraction of sp³-hybridized carbons (Fsp3) is 0.444. The van der Waals surface area contributed by atoms with Crippen LogP contribution in [-0.2, 0) is 6.42 Å². The van der Waals surface area contributed by atoms with E-state index in [1.807, 2.05) is 0 Å². The molecule has 3 aromatic rings. The maximum atomic E-state index is 6.08. The van der Waals surface area contributed by atoms with Crippen LogP contribution in [0, 0.1) is 5.92 Å². The van der Waals surface area contributed by atoms with Crippen LogP contribution in [-0.4, -0.2) is 16.5 Å². The van der Waals surface area contributed by atoms with E-state index in [-0.39, 0.29) is 6.04 Å². The lowest BCUT2D eigenvalue weighted by atomic mass is 9.91. The SMILES string of the molecule is CCc1ccc([C@@H]2C[C@@H](C)CCN2c2ncnc3ccsc23)o1. The number of aryl methyl sites for hydroxylation is 1. The van der Waals surface area contributed by atoms with Crippen molar-refractivity contribution in [2.45, 2.75) is 39.2 Å². The molecule has 1 fully saturated rings. The lowest BCUT2D eigenvalue weighted by molar-refractivity contribution is 0.321. The molecule has 0 saturated carbocycles. The highest BCUT2D eigenvalue weighted by Gasteiger charge is 2.32. The van der Waals surface area contributed by atoms with Gasteiger partial charge >= 0.3 is 0 Å². The first-order valence-corrected chi connectivity index (χ1v) is 9.17. The first-order chi connectivity index (χ1) is 11.3. The van der Waals surface area contributed by atoms with Gasteiger partial charge in [-0.1, -0.05) is 13.8 Å². The van der Waals surface area contributed by atoms with E-state index in [1.54, 1.807) is 17.7 Å². The van der Waals surface area contributed by atoms with Crippen molar-refractivity contribution in [1.29, 1.82) is 0 Å². The Morgan fingerprint density at radius 1 is 1.30 bits per heavy atom. The summed E-state index contributed by atoms with van der Waals surface area (Å²) in [6, 6.07) is 6.57. The Bertz CT molecular complexity index is 809. The van der Waals surface area contributed by atoms with E-state index in [4.69, 9.17) is 4.42 Å². The summed E-state index contributed by atoms with van der Waals surface area (Å²) in [4.78, 5) is 11.4. The topological polar surface area (TPSA) is 42.2 Å². The van der Waals surface area contributed by atoms with Crippen molar-refractivity contribution < 1.29 is 4.42 Å². The van der Waals surface area contributed by atoms with Crippen LogP contribution in [0.4, 0.5) is 5.82 Å². The van der Waals surface area contributed by atoms with Gasteiger partial charge in [-0.2, -0.15) is 0 Å². The second kappa shape index (κ2) is 5.96. The molecule has 23 heavy (non-hydrogen) atoms. The Morgan fingerprint density at radius 2 is 2.22 bits per heavy atom. The molecule has 4 heterocycles. The molecule has 0 N–H and O–H groups in total. The van der Waals surface area contributed by atoms with Crippen LogP contribution in [0.15, 0.2) is 34.3 Å². The van der Waals surface area contributed by atoms with Gasteiger partial charge in [0.2, 0.25) is 0 Å². The molecule has 0 radical (unpaired) electrons. The number of hydrogen-bond donors (Lipinski definition) is 0. The minimum atomic E-state index is 0.263. The van der Waals surface area contributed by atoms with Crippen molar-refractivity contribution in [1.82, 2.24) is 9.97 Å². The summed E-state index contributed by atoms with van der Waals surface area (Å²) < 4.78 is 7.26. The van der Waals surface area contributed by atoms with Crippen molar-refractivity contribution >= 4 is 27.4 Å². The average Bonchev–Trinajstić information content (AvgIpc) is 3.23. The van der Waals surface area contributed by atoms with Gasteiger partial charge in [0, 0.05) is 13.0 Å². The Morgan fingerprint density at radius 3 is 3.04 bits per heavy atom. The summed E-state index contributed by atoms with van der Waals surface area (Å²) in [5, 5.41) is 2.09. The molecule has 4 rings (SSSR count). The van der Waals surface area contributed by atoms with Crippen molar-refractivity contribution in [2.75, 3.05) is 11.4 Å². The first kappa shape index (κ1) is 14.7. The van der Waals surface area contributed by atoms with E-state index in [0.29, 0.717) is 5.92 Å². The van der Waals surface area contributed by atoms with Crippen LogP contribution in [0.2, 0.25) is 0 Å². The molecule has 5 heteroatoms. The van der Waals surface area contributed by atoms with E-state index < -0.39 is 0 Å². The number of anilines is 1. The van der Waals surface area contributed by atoms with Crippen LogP contribution in [0.1, 0.15) is 44.3 Å². The van der Waals surface area contributed by atoms with E-state index in [2.05, 4.69) is 52.3 Å². The van der Waals surface area contributed by atoms with E-state index in [9.17, 15) is 0 Å². The molecule has 4 nitrogen and oxygen atoms in total. The van der Waals surface area contributed by atoms with E-state index >= 15 is 0 Å². The second-order valence-corrected chi connectivity index (χ2v) is 7.24. The molecule has 0 unspecified atom stereocenters. The minimum Gasteiger partial charge on any atom is -0.464 e. The summed E-state index contributed by atoms with van der Waals surface area (Å²) in [5.74, 6) is 3.88. The lowest BCUT2D eigenvalue weighted by Crippen LogP contribution is -2.36. The highest BCUT2D eigenvalue weighted by Crippen LogP contribution is 2.40. The highest BCUT2D eigenvalue weighted by atomic mass is 32.1. The van der Waals surface area contributed by atoms with E-state index in [1.165, 1.54) is 11.1 Å². The molecule has 0 aliphatic carbocycles. The number of piperidine rings is 1. The molecule has 120 valence electrons. The molecular weight excluding hydrogens is 306 g/mol. The highest BCUT2D eigenvalue weighted by molar-refractivity contribution is 7.17. The maximum Gasteiger partial charge on any atom is 0.150 e. The smallest absolute Gasteiger partial charge is 0.150 e. The normalized spacial score (nSPS) is 21.9. The van der Waals surface area contributed by atoms with Gasteiger partial charge in [-0.05, 0) is 42.3 Å². The molecule has 1 aliphatic rings. The van der Waals surface area contributed by atoms with Crippen molar-refractivity contribution in [3.63, 3.8) is 0 Å². The lowest BCUT2D eigenvalue weighted by Gasteiger charge is -2.38. The molecule has 0 bridgehead atoms. The van der Waals surface area contributed by atoms with E-state index in [0.717, 1.165) is 42.2 Å². The zero-order valence-electron chi connectivity index (χ0n) is 13.5. The minimum absolute atomic E-state index is 0.263. The van der Waals surface area contributed by atoms with Gasteiger partial charge < -0.3 is 9.32 Å². The van der Waals surface area contributed by atoms with Crippen LogP contribution in [0.3, 0.4) is 0 Å². The summed E-state index contributed by atoms with van der Waals surface area (Å²) in [7, 11) is 0. The van der Waals surface area contributed by atoms with Crippen LogP contribution in [0.25, 0.3) is 10.2 Å². The molecule has 0 spiro atoms. The Balaban J connectivity index is 1.76. The van der Waals surface area contributed by atoms with Gasteiger partial charge in [0.15, 0.2) is 5.82 Å². The van der Waals surface area contributed by atoms with Crippen LogP contribution >= 0.6 is 11.3 Å². The third-order valence-electron chi connectivity index (χ3n) is 4.72. The molecule has 2 atom stereocenters. The maximum absolute atomic E-state index is 6.08. The largest absolute Gasteiger partial charge is 0.464 e. The third-order valence-corrected chi connectivity index (χ3v) is 5.62. The van der Waals surface area contributed by atoms with Gasteiger partial charge in [0.1, 0.15) is 17.8 Å². The van der Waals surface area contributed by atoms with Gasteiger partial charge in [-0.25, -0.2) is 9.97 Å².